The van der Waals surface area contributed by atoms with Gasteiger partial charge in [-0.3, -0.25) is 5.10 Å². The van der Waals surface area contributed by atoms with Gasteiger partial charge in [-0.2, -0.15) is 10.1 Å². The molecule has 2 aliphatic rings. The van der Waals surface area contributed by atoms with Crippen LogP contribution in [0.25, 0.3) is 32.9 Å². The molecule has 0 spiro atoms. The fourth-order valence-electron chi connectivity index (χ4n) is 6.41. The summed E-state index contributed by atoms with van der Waals surface area (Å²) < 4.78 is 22.8. The number of nitrogens with zero attached hydrogens (tertiary/aromatic N) is 7. The lowest BCUT2D eigenvalue weighted by atomic mass is 9.93. The molecule has 2 atom stereocenters. The monoisotopic (exact) mass is 652 g/mol. The van der Waals surface area contributed by atoms with E-state index < -0.39 is 11.4 Å². The molecule has 2 aliphatic heterocycles. The Labute approximate surface area is 273 Å². The number of aryl methyl sites for hydroxylation is 1. The lowest BCUT2D eigenvalue weighted by Gasteiger charge is -2.46. The van der Waals surface area contributed by atoms with Crippen molar-refractivity contribution in [2.45, 2.75) is 71.9 Å². The van der Waals surface area contributed by atoms with E-state index in [0.717, 1.165) is 5.56 Å². The zero-order valence-electron chi connectivity index (χ0n) is 27.6. The van der Waals surface area contributed by atoms with Crippen molar-refractivity contribution in [1.29, 1.82) is 0 Å². The number of aliphatic hydroxyl groups is 1. The van der Waals surface area contributed by atoms with Gasteiger partial charge >= 0.3 is 6.09 Å². The molecular weight excluding hydrogens is 611 g/mol. The summed E-state index contributed by atoms with van der Waals surface area (Å²) in [5.74, 6) is 0.445. The van der Waals surface area contributed by atoms with Gasteiger partial charge in [-0.1, -0.05) is 17.7 Å². The van der Waals surface area contributed by atoms with E-state index in [1.54, 1.807) is 11.0 Å². The quantitative estimate of drug-likeness (QED) is 0.295. The summed E-state index contributed by atoms with van der Waals surface area (Å²) in [6, 6.07) is 5.42. The molecule has 2 aromatic heterocycles. The Balaban J connectivity index is 1.50. The van der Waals surface area contributed by atoms with Crippen molar-refractivity contribution in [3.05, 3.63) is 40.3 Å². The molecule has 1 amide bonds. The van der Waals surface area contributed by atoms with Crippen molar-refractivity contribution in [1.82, 2.24) is 30.0 Å². The van der Waals surface area contributed by atoms with Crippen LogP contribution < -0.4 is 9.80 Å². The van der Waals surface area contributed by atoms with Crippen LogP contribution in [-0.2, 0) is 11.3 Å². The highest BCUT2D eigenvalue weighted by atomic mass is 35.5. The lowest BCUT2D eigenvalue weighted by molar-refractivity contribution is 0.0130. The van der Waals surface area contributed by atoms with Gasteiger partial charge in [0.15, 0.2) is 5.82 Å². The Hall–Kier alpha value is -3.74. The average Bonchev–Trinajstić information content (AvgIpc) is 3.36. The zero-order chi connectivity index (χ0) is 33.2. The van der Waals surface area contributed by atoms with Gasteiger partial charge < -0.3 is 29.4 Å². The molecule has 4 heterocycles. The number of hydrogen-bond acceptors (Lipinski definition) is 9. The zero-order valence-corrected chi connectivity index (χ0v) is 28.4. The number of H-pyrrole nitrogens is 1. The SMILES string of the molecule is Cc1ccc2n[nH]c(CO)c2c1-c1c(Cl)cc2c(N3C[C@@H](C)N(C(=O)OC(C)(C)C)C[C@@H]3C)nc(N3CC(N(C)C)C3)nc2c1F. The number of hydrogen-bond donors (Lipinski definition) is 2. The molecule has 6 rings (SSSR count). The van der Waals surface area contributed by atoms with Crippen LogP contribution in [0.2, 0.25) is 5.02 Å². The summed E-state index contributed by atoms with van der Waals surface area (Å²) in [5.41, 5.74) is 2.18. The molecule has 0 bridgehead atoms. The second kappa shape index (κ2) is 11.8. The summed E-state index contributed by atoms with van der Waals surface area (Å²) >= 11 is 6.98. The third-order valence-electron chi connectivity index (χ3n) is 9.03. The maximum atomic E-state index is 17.1. The van der Waals surface area contributed by atoms with Gasteiger partial charge in [-0.15, -0.1) is 0 Å². The number of benzene rings is 2. The van der Waals surface area contributed by atoms with E-state index in [1.807, 2.05) is 67.8 Å². The Morgan fingerprint density at radius 3 is 2.50 bits per heavy atom. The van der Waals surface area contributed by atoms with Crippen molar-refractivity contribution >= 4 is 51.3 Å². The normalized spacial score (nSPS) is 19.4. The highest BCUT2D eigenvalue weighted by molar-refractivity contribution is 6.35. The van der Waals surface area contributed by atoms with E-state index in [1.165, 1.54) is 0 Å². The largest absolute Gasteiger partial charge is 0.444 e. The molecule has 2 saturated heterocycles. The average molecular weight is 653 g/mol. The number of carbonyl (C=O) groups is 1. The number of anilines is 2. The minimum Gasteiger partial charge on any atom is -0.444 e. The molecule has 13 heteroatoms. The second-order valence-corrected chi connectivity index (χ2v) is 14.2. The lowest BCUT2D eigenvalue weighted by Crippen LogP contribution is -2.59. The van der Waals surface area contributed by atoms with Gasteiger partial charge in [-0.25, -0.2) is 14.2 Å². The molecule has 2 fully saturated rings. The molecule has 46 heavy (non-hydrogen) atoms. The van der Waals surface area contributed by atoms with Gasteiger partial charge in [0.1, 0.15) is 16.9 Å². The fourth-order valence-corrected chi connectivity index (χ4v) is 6.70. The first-order valence-corrected chi connectivity index (χ1v) is 16.0. The first-order chi connectivity index (χ1) is 21.7. The van der Waals surface area contributed by atoms with Crippen LogP contribution in [0.4, 0.5) is 21.0 Å². The van der Waals surface area contributed by atoms with Crippen LogP contribution in [0.5, 0.6) is 0 Å². The number of aliphatic hydroxyl groups excluding tert-OH is 1. The minimum absolute atomic E-state index is 0.156. The van der Waals surface area contributed by atoms with E-state index in [4.69, 9.17) is 26.3 Å². The van der Waals surface area contributed by atoms with Crippen LogP contribution in [0.1, 0.15) is 45.9 Å². The fraction of sp³-hybridized carbons (Fsp3) is 0.515. The predicted molar refractivity (Wildman–Crippen MR) is 179 cm³/mol. The van der Waals surface area contributed by atoms with Gasteiger partial charge in [0.05, 0.1) is 22.8 Å². The summed E-state index contributed by atoms with van der Waals surface area (Å²) in [7, 11) is 4.07. The maximum absolute atomic E-state index is 17.1. The minimum atomic E-state index is -0.611. The van der Waals surface area contributed by atoms with E-state index in [0.29, 0.717) is 71.5 Å². The predicted octanol–water partition coefficient (Wildman–Crippen LogP) is 5.35. The molecule has 246 valence electrons. The number of aromatic amines is 1. The highest BCUT2D eigenvalue weighted by Crippen LogP contribution is 2.44. The first kappa shape index (κ1) is 32.2. The standard InChI is InChI=1S/C33H42ClFN8O3/c1-17-9-10-23-27(24(16-44)39-38-23)25(17)26-22(34)11-21-29(28(26)35)36-31(41-14-20(15-41)40(7)8)37-30(21)42-12-19(3)43(13-18(42)2)32(45)46-33(4,5)6/h9-11,18-20,44H,12-16H2,1-8H3,(H,38,39)/t18-,19+/m0/s1. The number of carbonyl (C=O) groups excluding carboxylic acids is 1. The second-order valence-electron chi connectivity index (χ2n) is 13.8. The number of halogens is 2. The van der Waals surface area contributed by atoms with Gasteiger partial charge in [-0.05, 0) is 73.3 Å². The first-order valence-electron chi connectivity index (χ1n) is 15.6. The van der Waals surface area contributed by atoms with Crippen LogP contribution in [0.3, 0.4) is 0 Å². The summed E-state index contributed by atoms with van der Waals surface area (Å²) in [5, 5.41) is 18.6. The topological polar surface area (TPSA) is 114 Å². The summed E-state index contributed by atoms with van der Waals surface area (Å²) in [6.07, 6.45) is -0.361. The van der Waals surface area contributed by atoms with Crippen molar-refractivity contribution in [2.75, 3.05) is 50.1 Å². The Bertz CT molecular complexity index is 1820. The summed E-state index contributed by atoms with van der Waals surface area (Å²) in [4.78, 5) is 31.0. The molecule has 0 unspecified atom stereocenters. The maximum Gasteiger partial charge on any atom is 0.410 e. The number of rotatable bonds is 5. The van der Waals surface area contributed by atoms with Gasteiger partial charge in [0.2, 0.25) is 5.95 Å². The highest BCUT2D eigenvalue weighted by Gasteiger charge is 2.38. The molecular formula is C33H42ClFN8O3. The van der Waals surface area contributed by atoms with E-state index in [2.05, 4.69) is 24.9 Å². The Morgan fingerprint density at radius 1 is 1.13 bits per heavy atom. The number of likely N-dealkylation sites (N-methyl/N-ethyl adjacent to an activating group) is 1. The number of piperazine rings is 1. The van der Waals surface area contributed by atoms with E-state index in [9.17, 15) is 9.90 Å². The number of amides is 1. The molecule has 0 aliphatic carbocycles. The molecule has 0 saturated carbocycles. The van der Waals surface area contributed by atoms with Crippen LogP contribution >= 0.6 is 11.6 Å². The third kappa shape index (κ3) is 5.60. The van der Waals surface area contributed by atoms with Crippen LogP contribution in [-0.4, -0.2) is 105 Å². The van der Waals surface area contributed by atoms with E-state index in [-0.39, 0.29) is 40.9 Å². The van der Waals surface area contributed by atoms with Crippen LogP contribution in [0, 0.1) is 12.7 Å². The number of nitrogens with one attached hydrogen (secondary N) is 1. The molecule has 2 N–H and O–H groups in total. The van der Waals surface area contributed by atoms with Gasteiger partial charge in [0, 0.05) is 66.2 Å². The molecule has 2 aromatic carbocycles. The summed E-state index contributed by atoms with van der Waals surface area (Å²) in [6.45, 7) is 13.4. The number of ether oxygens (including phenoxy) is 1. The Kier molecular flexibility index (Phi) is 8.27. The van der Waals surface area contributed by atoms with Crippen molar-refractivity contribution in [3.8, 4) is 11.1 Å². The van der Waals surface area contributed by atoms with Gasteiger partial charge in [0.25, 0.3) is 0 Å². The third-order valence-corrected chi connectivity index (χ3v) is 9.32. The number of aromatic nitrogens is 4. The molecule has 4 aromatic rings. The smallest absolute Gasteiger partial charge is 0.410 e. The number of fused-ring (bicyclic) bond motifs is 2. The van der Waals surface area contributed by atoms with Crippen LogP contribution in [0.15, 0.2) is 18.2 Å². The molecule has 0 radical (unpaired) electrons. The van der Waals surface area contributed by atoms with Crippen molar-refractivity contribution in [2.24, 2.45) is 0 Å². The van der Waals surface area contributed by atoms with Crippen molar-refractivity contribution < 1.29 is 19.0 Å². The molecule has 11 nitrogen and oxygen atoms in total. The van der Waals surface area contributed by atoms with E-state index >= 15 is 4.39 Å². The Morgan fingerprint density at radius 2 is 1.85 bits per heavy atom. The van der Waals surface area contributed by atoms with Crippen molar-refractivity contribution in [3.63, 3.8) is 0 Å².